The van der Waals surface area contributed by atoms with Gasteiger partial charge in [0.25, 0.3) is 0 Å². The van der Waals surface area contributed by atoms with Crippen LogP contribution < -0.4 is 0 Å². The Morgan fingerprint density at radius 3 is 3.00 bits per heavy atom. The van der Waals surface area contributed by atoms with Crippen molar-refractivity contribution >= 4 is 0 Å². The Bertz CT molecular complexity index is 506. The number of aryl methyl sites for hydroxylation is 1. The van der Waals surface area contributed by atoms with Gasteiger partial charge in [-0.25, -0.2) is 4.68 Å². The van der Waals surface area contributed by atoms with Gasteiger partial charge in [0.05, 0.1) is 5.69 Å². The molecule has 0 aliphatic carbocycles. The lowest BCUT2D eigenvalue weighted by atomic mass is 10.1. The molecule has 0 aromatic carbocycles. The molecule has 0 radical (unpaired) electrons. The summed E-state index contributed by atoms with van der Waals surface area (Å²) in [7, 11) is 0. The van der Waals surface area contributed by atoms with Gasteiger partial charge >= 0.3 is 0 Å². The normalized spacial score (nSPS) is 11.4. The minimum atomic E-state index is 0.163. The van der Waals surface area contributed by atoms with Crippen molar-refractivity contribution in [3.63, 3.8) is 0 Å². The number of hydrogen-bond acceptors (Lipinski definition) is 6. The fourth-order valence-electron chi connectivity index (χ4n) is 1.72. The molecule has 0 aliphatic rings. The van der Waals surface area contributed by atoms with Gasteiger partial charge in [-0.15, -0.1) is 5.10 Å². The van der Waals surface area contributed by atoms with Gasteiger partial charge in [0.15, 0.2) is 5.82 Å². The van der Waals surface area contributed by atoms with E-state index in [1.807, 2.05) is 6.20 Å². The molecule has 19 heavy (non-hydrogen) atoms. The summed E-state index contributed by atoms with van der Waals surface area (Å²) in [5.74, 6) is 1.75. The third-order valence-corrected chi connectivity index (χ3v) is 2.57. The average Bonchev–Trinajstić information content (AvgIpc) is 2.96. The van der Waals surface area contributed by atoms with Crippen molar-refractivity contribution < 1.29 is 9.63 Å². The third-order valence-electron chi connectivity index (χ3n) is 2.57. The minimum absolute atomic E-state index is 0.163. The van der Waals surface area contributed by atoms with Crippen molar-refractivity contribution in [1.82, 2.24) is 25.1 Å². The molecule has 2 heterocycles. The maximum atomic E-state index is 8.76. The molecule has 104 valence electrons. The van der Waals surface area contributed by atoms with E-state index in [0.717, 1.165) is 18.5 Å². The average molecular weight is 265 g/mol. The summed E-state index contributed by atoms with van der Waals surface area (Å²) in [5.41, 5.74) is 0.861. The Balaban J connectivity index is 1.93. The molecule has 0 bridgehead atoms. The van der Waals surface area contributed by atoms with Gasteiger partial charge in [-0.3, -0.25) is 0 Å². The molecule has 1 N–H and O–H groups in total. The molecule has 7 heteroatoms. The molecule has 7 nitrogen and oxygen atoms in total. The Kier molecular flexibility index (Phi) is 4.62. The molecule has 0 saturated carbocycles. The molecular formula is C12H19N5O2. The maximum absolute atomic E-state index is 8.76. The van der Waals surface area contributed by atoms with Crippen molar-refractivity contribution in [3.05, 3.63) is 23.6 Å². The highest BCUT2D eigenvalue weighted by Gasteiger charge is 2.09. The van der Waals surface area contributed by atoms with Crippen molar-refractivity contribution in [2.75, 3.05) is 6.61 Å². The Labute approximate surface area is 111 Å². The van der Waals surface area contributed by atoms with Gasteiger partial charge < -0.3 is 9.63 Å². The van der Waals surface area contributed by atoms with Crippen molar-refractivity contribution in [2.24, 2.45) is 5.92 Å². The van der Waals surface area contributed by atoms with E-state index in [-0.39, 0.29) is 6.61 Å². The highest BCUT2D eigenvalue weighted by molar-refractivity contribution is 4.95. The number of aromatic nitrogens is 5. The molecule has 0 aliphatic heterocycles. The molecule has 0 spiro atoms. The monoisotopic (exact) mass is 265 g/mol. The zero-order valence-electron chi connectivity index (χ0n) is 11.3. The molecule has 2 aromatic heterocycles. The van der Waals surface area contributed by atoms with Gasteiger partial charge in [-0.2, -0.15) is 4.98 Å². The second-order valence-electron chi connectivity index (χ2n) is 4.94. The number of rotatable bonds is 7. The third kappa shape index (κ3) is 4.13. The lowest BCUT2D eigenvalue weighted by Crippen LogP contribution is -2.02. The summed E-state index contributed by atoms with van der Waals surface area (Å²) in [6.07, 6.45) is 4.04. The Hall–Kier alpha value is -1.76. The molecular weight excluding hydrogens is 246 g/mol. The van der Waals surface area contributed by atoms with Gasteiger partial charge in [-0.1, -0.05) is 24.2 Å². The van der Waals surface area contributed by atoms with Gasteiger partial charge in [0, 0.05) is 19.2 Å². The lowest BCUT2D eigenvalue weighted by Gasteiger charge is -1.96. The topological polar surface area (TPSA) is 89.9 Å². The highest BCUT2D eigenvalue weighted by atomic mass is 16.5. The van der Waals surface area contributed by atoms with E-state index in [9.17, 15) is 0 Å². The van der Waals surface area contributed by atoms with Crippen LogP contribution in [0.1, 0.15) is 37.7 Å². The van der Waals surface area contributed by atoms with E-state index in [2.05, 4.69) is 34.3 Å². The summed E-state index contributed by atoms with van der Waals surface area (Å²) in [6.45, 7) is 4.83. The quantitative estimate of drug-likeness (QED) is 0.797. The highest BCUT2D eigenvalue weighted by Crippen LogP contribution is 2.06. The predicted octanol–water partition coefficient (Wildman–Crippen LogP) is 0.833. The van der Waals surface area contributed by atoms with Crippen molar-refractivity contribution in [2.45, 2.75) is 39.7 Å². The van der Waals surface area contributed by atoms with Gasteiger partial charge in [0.1, 0.15) is 6.54 Å². The number of aliphatic hydroxyl groups excluding tert-OH is 1. The first kappa shape index (κ1) is 13.7. The lowest BCUT2D eigenvalue weighted by molar-refractivity contribution is 0.288. The van der Waals surface area contributed by atoms with E-state index in [4.69, 9.17) is 9.63 Å². The van der Waals surface area contributed by atoms with Crippen LogP contribution in [0.2, 0.25) is 0 Å². The van der Waals surface area contributed by atoms with Gasteiger partial charge in [-0.05, 0) is 18.8 Å². The van der Waals surface area contributed by atoms with E-state index in [1.54, 1.807) is 4.68 Å². The number of nitrogens with zero attached hydrogens (tertiary/aromatic N) is 5. The first-order valence-corrected chi connectivity index (χ1v) is 6.48. The molecule has 0 atom stereocenters. The van der Waals surface area contributed by atoms with Gasteiger partial charge in [0.2, 0.25) is 5.89 Å². The predicted molar refractivity (Wildman–Crippen MR) is 67.4 cm³/mol. The smallest absolute Gasteiger partial charge is 0.226 e. The summed E-state index contributed by atoms with van der Waals surface area (Å²) >= 11 is 0. The maximum Gasteiger partial charge on any atom is 0.226 e. The summed E-state index contributed by atoms with van der Waals surface area (Å²) < 4.78 is 6.84. The largest absolute Gasteiger partial charge is 0.396 e. The first-order valence-electron chi connectivity index (χ1n) is 6.48. The fourth-order valence-corrected chi connectivity index (χ4v) is 1.72. The van der Waals surface area contributed by atoms with Crippen molar-refractivity contribution in [3.8, 4) is 0 Å². The van der Waals surface area contributed by atoms with Crippen LogP contribution in [0.25, 0.3) is 0 Å². The van der Waals surface area contributed by atoms with Crippen LogP contribution in [0.5, 0.6) is 0 Å². The minimum Gasteiger partial charge on any atom is -0.396 e. The van der Waals surface area contributed by atoms with Crippen LogP contribution in [0.15, 0.2) is 10.7 Å². The molecule has 0 amide bonds. The van der Waals surface area contributed by atoms with E-state index < -0.39 is 0 Å². The van der Waals surface area contributed by atoms with Crippen molar-refractivity contribution in [1.29, 1.82) is 0 Å². The zero-order chi connectivity index (χ0) is 13.7. The molecule has 2 rings (SSSR count). The summed E-state index contributed by atoms with van der Waals surface area (Å²) in [4.78, 5) is 4.31. The molecule has 0 unspecified atom stereocenters. The number of hydrogen-bond donors (Lipinski definition) is 1. The van der Waals surface area contributed by atoms with Crippen LogP contribution in [0.4, 0.5) is 0 Å². The summed E-state index contributed by atoms with van der Waals surface area (Å²) in [6, 6.07) is 0. The van der Waals surface area contributed by atoms with E-state index in [0.29, 0.717) is 30.6 Å². The van der Waals surface area contributed by atoms with Crippen LogP contribution in [0, 0.1) is 5.92 Å². The molecule has 0 saturated heterocycles. The SMILES string of the molecule is CC(C)Cc1nc(Cn2cc(CCCO)nn2)no1. The van der Waals surface area contributed by atoms with Crippen LogP contribution in [0.3, 0.4) is 0 Å². The standard InChI is InChI=1S/C12H19N5O2/c1-9(2)6-12-13-11(15-19-12)8-17-7-10(14-16-17)4-3-5-18/h7,9,18H,3-6,8H2,1-2H3. The fraction of sp³-hybridized carbons (Fsp3) is 0.667. The van der Waals surface area contributed by atoms with Crippen LogP contribution in [-0.4, -0.2) is 36.8 Å². The molecule has 0 fully saturated rings. The summed E-state index contributed by atoms with van der Waals surface area (Å²) in [5, 5.41) is 20.7. The zero-order valence-corrected chi connectivity index (χ0v) is 11.3. The Morgan fingerprint density at radius 2 is 2.26 bits per heavy atom. The first-order chi connectivity index (χ1) is 9.17. The van der Waals surface area contributed by atoms with E-state index >= 15 is 0 Å². The second kappa shape index (κ2) is 6.42. The Morgan fingerprint density at radius 1 is 1.42 bits per heavy atom. The second-order valence-corrected chi connectivity index (χ2v) is 4.94. The van der Waals surface area contributed by atoms with Crippen LogP contribution in [-0.2, 0) is 19.4 Å². The van der Waals surface area contributed by atoms with Crippen LogP contribution >= 0.6 is 0 Å². The molecule has 2 aromatic rings. The number of aliphatic hydroxyl groups is 1. The van der Waals surface area contributed by atoms with E-state index in [1.165, 1.54) is 0 Å².